The number of halogens is 1. The summed E-state index contributed by atoms with van der Waals surface area (Å²) in [6.07, 6.45) is -4.96. The highest BCUT2D eigenvalue weighted by molar-refractivity contribution is 7.49. The Hall–Kier alpha value is -2.98. The topological polar surface area (TPSA) is 174 Å². The predicted octanol–water partition coefficient (Wildman–Crippen LogP) is 2.04. The molecule has 1 aromatic carbocycles. The van der Waals surface area contributed by atoms with Gasteiger partial charge in [-0.25, -0.2) is 14.2 Å². The summed E-state index contributed by atoms with van der Waals surface area (Å²) in [7, 11) is -4.52. The van der Waals surface area contributed by atoms with Crippen LogP contribution in [-0.2, 0) is 27.9 Å². The zero-order chi connectivity index (χ0) is 28.1. The highest BCUT2D eigenvalue weighted by Crippen LogP contribution is 2.52. The number of phosphoric acid groups is 1. The quantitative estimate of drug-likeness (QED) is 0.184. The van der Waals surface area contributed by atoms with Crippen LogP contribution >= 0.6 is 19.4 Å². The molecule has 38 heavy (non-hydrogen) atoms. The third-order valence-electron chi connectivity index (χ3n) is 5.05. The first-order valence-electron chi connectivity index (χ1n) is 11.4. The van der Waals surface area contributed by atoms with Crippen molar-refractivity contribution in [3.63, 3.8) is 0 Å². The Morgan fingerprint density at radius 3 is 2.63 bits per heavy atom. The second-order valence-electron chi connectivity index (χ2n) is 8.40. The summed E-state index contributed by atoms with van der Waals surface area (Å²) in [4.78, 5) is 26.4. The molecule has 0 saturated carbocycles. The molecular weight excluding hydrogens is 543 g/mol. The summed E-state index contributed by atoms with van der Waals surface area (Å²) in [5.41, 5.74) is 4.61. The van der Waals surface area contributed by atoms with Gasteiger partial charge in [0, 0.05) is 0 Å². The summed E-state index contributed by atoms with van der Waals surface area (Å²) in [6, 6.07) is 7.96. The van der Waals surface area contributed by atoms with Crippen LogP contribution in [0.15, 0.2) is 41.3 Å². The zero-order valence-electron chi connectivity index (χ0n) is 21.0. The average Bonchev–Trinajstić information content (AvgIpc) is 3.08. The van der Waals surface area contributed by atoms with Crippen LogP contribution in [0.1, 0.15) is 33.9 Å². The first-order chi connectivity index (χ1) is 17.9. The molecule has 1 saturated heterocycles. The maximum absolute atomic E-state index is 13.6. The Balaban J connectivity index is 1.86. The van der Waals surface area contributed by atoms with E-state index >= 15 is 0 Å². The van der Waals surface area contributed by atoms with Gasteiger partial charge in [0.05, 0.1) is 18.9 Å². The number of alkyl halides is 1. The van der Waals surface area contributed by atoms with Gasteiger partial charge in [-0.05, 0) is 39.8 Å². The van der Waals surface area contributed by atoms with E-state index in [-0.39, 0.29) is 11.6 Å². The molecular formula is C23H28ClN4O9P. The van der Waals surface area contributed by atoms with E-state index in [4.69, 9.17) is 40.4 Å². The number of hydrogen-bond acceptors (Lipinski definition) is 12. The van der Waals surface area contributed by atoms with Crippen LogP contribution in [0.3, 0.4) is 0 Å². The fourth-order valence-corrected chi connectivity index (χ4v) is 5.11. The van der Waals surface area contributed by atoms with Crippen LogP contribution in [-0.4, -0.2) is 61.7 Å². The Bertz CT molecular complexity index is 1300. The van der Waals surface area contributed by atoms with E-state index in [0.29, 0.717) is 0 Å². The number of carbonyl (C=O) groups is 1. The minimum Gasteiger partial charge on any atom is -0.461 e. The van der Waals surface area contributed by atoms with Crippen LogP contribution in [0.2, 0.25) is 0 Å². The molecule has 0 amide bonds. The highest BCUT2D eigenvalue weighted by Gasteiger charge is 2.57. The number of benzene rings is 1. The first kappa shape index (κ1) is 29.6. The van der Waals surface area contributed by atoms with E-state index < -0.39 is 61.6 Å². The molecule has 206 valence electrons. The summed E-state index contributed by atoms with van der Waals surface area (Å²) >= 11 is 6.63. The van der Waals surface area contributed by atoms with Crippen LogP contribution in [0.25, 0.3) is 0 Å². The molecule has 0 spiro atoms. The van der Waals surface area contributed by atoms with Gasteiger partial charge in [-0.2, -0.15) is 14.8 Å². The lowest BCUT2D eigenvalue weighted by Gasteiger charge is -2.25. The van der Waals surface area contributed by atoms with Crippen LogP contribution in [0.5, 0.6) is 5.75 Å². The van der Waals surface area contributed by atoms with Crippen molar-refractivity contribution in [3.8, 4) is 17.6 Å². The summed E-state index contributed by atoms with van der Waals surface area (Å²) < 4.78 is 41.6. The van der Waals surface area contributed by atoms with Crippen LogP contribution < -0.4 is 15.9 Å². The van der Waals surface area contributed by atoms with Crippen molar-refractivity contribution in [1.82, 2.24) is 14.8 Å². The van der Waals surface area contributed by atoms with E-state index in [2.05, 4.69) is 21.9 Å². The number of esters is 1. The Labute approximate surface area is 223 Å². The SMILES string of the molecule is CC#CC1(Cl)[C@@H](O)[C@@H](CO[P@](=O)(Oc2ccccc2)O[C@@H](C)C(=O)OC(C)C)O[C@H]1n1ncc(N)nc1=O. The van der Waals surface area contributed by atoms with Crippen molar-refractivity contribution in [3.05, 3.63) is 47.0 Å². The molecule has 0 radical (unpaired) electrons. The molecule has 6 atom stereocenters. The van der Waals surface area contributed by atoms with E-state index in [1.807, 2.05) is 0 Å². The van der Waals surface area contributed by atoms with Crippen molar-refractivity contribution in [2.45, 2.75) is 63.2 Å². The number of carbonyl (C=O) groups excluding carboxylic acids is 1. The van der Waals surface area contributed by atoms with Gasteiger partial charge in [0.2, 0.25) is 0 Å². The van der Waals surface area contributed by atoms with Crippen LogP contribution in [0, 0.1) is 11.8 Å². The summed E-state index contributed by atoms with van der Waals surface area (Å²) in [5.74, 6) is 4.41. The van der Waals surface area contributed by atoms with E-state index in [1.165, 1.54) is 26.0 Å². The van der Waals surface area contributed by atoms with Gasteiger partial charge in [0.15, 0.2) is 17.2 Å². The molecule has 0 bridgehead atoms. The number of para-hydroxylation sites is 1. The number of nitrogen functional groups attached to an aromatic ring is 1. The minimum atomic E-state index is -4.52. The number of rotatable bonds is 10. The molecule has 1 unspecified atom stereocenters. The summed E-state index contributed by atoms with van der Waals surface area (Å²) in [6.45, 7) is 5.47. The lowest BCUT2D eigenvalue weighted by Crippen LogP contribution is -2.44. The van der Waals surface area contributed by atoms with Gasteiger partial charge in [-0.1, -0.05) is 35.7 Å². The molecule has 2 aromatic rings. The molecule has 1 fully saturated rings. The molecule has 13 nitrogen and oxygen atoms in total. The number of aromatic nitrogens is 3. The normalized spacial score (nSPS) is 25.2. The monoisotopic (exact) mass is 570 g/mol. The Morgan fingerprint density at radius 2 is 2.03 bits per heavy atom. The van der Waals surface area contributed by atoms with E-state index in [1.54, 1.807) is 32.0 Å². The fourth-order valence-electron chi connectivity index (χ4n) is 3.39. The number of aliphatic hydroxyl groups is 1. The van der Waals surface area contributed by atoms with E-state index in [0.717, 1.165) is 10.9 Å². The molecule has 0 aliphatic carbocycles. The molecule has 3 N–H and O–H groups in total. The largest absolute Gasteiger partial charge is 0.530 e. The van der Waals surface area contributed by atoms with Crippen molar-refractivity contribution < 1.29 is 37.5 Å². The molecule has 15 heteroatoms. The van der Waals surface area contributed by atoms with Crippen LogP contribution in [0.4, 0.5) is 5.82 Å². The van der Waals surface area contributed by atoms with Gasteiger partial charge in [0.25, 0.3) is 0 Å². The average molecular weight is 571 g/mol. The number of phosphoric ester groups is 1. The van der Waals surface area contributed by atoms with Gasteiger partial charge in [-0.3, -0.25) is 9.05 Å². The van der Waals surface area contributed by atoms with Crippen molar-refractivity contribution >= 4 is 31.2 Å². The van der Waals surface area contributed by atoms with Gasteiger partial charge in [-0.15, -0.1) is 5.92 Å². The number of nitrogens with zero attached hydrogens (tertiary/aromatic N) is 3. The number of hydrogen-bond donors (Lipinski definition) is 2. The smallest absolute Gasteiger partial charge is 0.461 e. The number of ether oxygens (including phenoxy) is 2. The molecule has 1 aliphatic rings. The maximum atomic E-state index is 13.6. The van der Waals surface area contributed by atoms with E-state index in [9.17, 15) is 19.3 Å². The lowest BCUT2D eigenvalue weighted by atomic mass is 9.99. The molecule has 1 aliphatic heterocycles. The standard InChI is InChI=1S/C23H28ClN4O9P/c1-5-11-23(24)19(29)17(35-21(23)28-22(31)27-18(25)12-26-28)13-33-38(32,37-16-9-7-6-8-10-16)36-15(4)20(30)34-14(2)3/h6-10,12,14-15,17,19,21,29H,13H2,1-4H3,(H2,25,27,31)/t15-,17+,19-,21+,23?,38-/m0/s1. The zero-order valence-corrected chi connectivity index (χ0v) is 22.7. The third-order valence-corrected chi connectivity index (χ3v) is 7.03. The Morgan fingerprint density at radius 1 is 1.34 bits per heavy atom. The van der Waals surface area contributed by atoms with Gasteiger partial charge in [0.1, 0.15) is 23.8 Å². The lowest BCUT2D eigenvalue weighted by molar-refractivity contribution is -0.156. The summed E-state index contributed by atoms with van der Waals surface area (Å²) in [5, 5.41) is 14.9. The van der Waals surface area contributed by atoms with Crippen molar-refractivity contribution in [2.24, 2.45) is 0 Å². The molecule has 3 rings (SSSR count). The second kappa shape index (κ2) is 12.3. The maximum Gasteiger partial charge on any atom is 0.530 e. The molecule has 1 aromatic heterocycles. The fraction of sp³-hybridized carbons (Fsp3) is 0.478. The third kappa shape index (κ3) is 6.91. The first-order valence-corrected chi connectivity index (χ1v) is 13.3. The number of anilines is 1. The minimum absolute atomic E-state index is 0.123. The molecule has 2 heterocycles. The number of nitrogens with two attached hydrogens (primary N) is 1. The highest BCUT2D eigenvalue weighted by atomic mass is 35.5. The van der Waals surface area contributed by atoms with Gasteiger partial charge < -0.3 is 24.8 Å². The van der Waals surface area contributed by atoms with Crippen molar-refractivity contribution in [1.29, 1.82) is 0 Å². The van der Waals surface area contributed by atoms with Crippen molar-refractivity contribution in [2.75, 3.05) is 12.3 Å². The number of aliphatic hydroxyl groups excluding tert-OH is 1. The Kier molecular flexibility index (Phi) is 9.54. The van der Waals surface area contributed by atoms with Gasteiger partial charge >= 0.3 is 19.5 Å². The second-order valence-corrected chi connectivity index (χ2v) is 10.6. The predicted molar refractivity (Wildman–Crippen MR) is 135 cm³/mol.